The van der Waals surface area contributed by atoms with Gasteiger partial charge in [-0.05, 0) is 43.2 Å². The predicted octanol–water partition coefficient (Wildman–Crippen LogP) is 2.68. The molecule has 2 rings (SSSR count). The van der Waals surface area contributed by atoms with E-state index in [9.17, 15) is 12.8 Å². The fraction of sp³-hybridized carbons (Fsp3) is 0.333. The monoisotopic (exact) mass is 383 g/mol. The van der Waals surface area contributed by atoms with Gasteiger partial charge in [0.05, 0.1) is 26.2 Å². The van der Waals surface area contributed by atoms with Crippen LogP contribution in [0.15, 0.2) is 35.2 Å². The minimum atomic E-state index is -3.74. The normalized spacial score (nSPS) is 11.3. The van der Waals surface area contributed by atoms with Gasteiger partial charge in [0.1, 0.15) is 11.6 Å². The lowest BCUT2D eigenvalue weighted by Gasteiger charge is -2.15. The predicted molar refractivity (Wildman–Crippen MR) is 96.1 cm³/mol. The molecular weight excluding hydrogens is 361 g/mol. The van der Waals surface area contributed by atoms with Gasteiger partial charge < -0.3 is 14.2 Å². The summed E-state index contributed by atoms with van der Waals surface area (Å²) < 4.78 is 56.5. The smallest absolute Gasteiger partial charge is 0.240 e. The lowest BCUT2D eigenvalue weighted by Crippen LogP contribution is -2.26. The van der Waals surface area contributed by atoms with Crippen LogP contribution in [-0.4, -0.2) is 36.3 Å². The van der Waals surface area contributed by atoms with E-state index in [-0.39, 0.29) is 17.0 Å². The SMILES string of the molecule is COc1cc(CCNS(=O)(=O)c2ccc(F)c(C)c2)c(OC)c(OC)c1. The minimum absolute atomic E-state index is 0.0200. The van der Waals surface area contributed by atoms with Crippen LogP contribution in [0.25, 0.3) is 0 Å². The van der Waals surface area contributed by atoms with Gasteiger partial charge in [0.15, 0.2) is 11.5 Å². The molecular formula is C18H22FNO5S. The molecule has 0 aromatic heterocycles. The number of halogens is 1. The molecule has 142 valence electrons. The van der Waals surface area contributed by atoms with Gasteiger partial charge >= 0.3 is 0 Å². The summed E-state index contributed by atoms with van der Waals surface area (Å²) in [6, 6.07) is 7.12. The zero-order valence-electron chi connectivity index (χ0n) is 15.1. The molecule has 2 aromatic carbocycles. The largest absolute Gasteiger partial charge is 0.497 e. The fourth-order valence-corrected chi connectivity index (χ4v) is 3.62. The van der Waals surface area contributed by atoms with Crippen molar-refractivity contribution in [2.75, 3.05) is 27.9 Å². The minimum Gasteiger partial charge on any atom is -0.497 e. The number of hydrogen-bond donors (Lipinski definition) is 1. The van der Waals surface area contributed by atoms with Crippen LogP contribution in [0.5, 0.6) is 17.2 Å². The number of nitrogens with one attached hydrogen (secondary N) is 1. The van der Waals surface area contributed by atoms with Crippen LogP contribution >= 0.6 is 0 Å². The summed E-state index contributed by atoms with van der Waals surface area (Å²) >= 11 is 0. The summed E-state index contributed by atoms with van der Waals surface area (Å²) in [5.74, 6) is 1.15. The van der Waals surface area contributed by atoms with Crippen molar-refractivity contribution in [1.82, 2.24) is 4.72 Å². The molecule has 0 saturated carbocycles. The zero-order chi connectivity index (χ0) is 19.3. The highest BCUT2D eigenvalue weighted by atomic mass is 32.2. The van der Waals surface area contributed by atoms with Crippen LogP contribution in [0.2, 0.25) is 0 Å². The molecule has 0 aliphatic carbocycles. The first-order valence-electron chi connectivity index (χ1n) is 7.87. The molecule has 0 aliphatic heterocycles. The Balaban J connectivity index is 2.17. The molecule has 0 aliphatic rings. The summed E-state index contributed by atoms with van der Waals surface area (Å²) in [5, 5.41) is 0. The summed E-state index contributed by atoms with van der Waals surface area (Å²) in [6.45, 7) is 1.65. The maximum atomic E-state index is 13.3. The van der Waals surface area contributed by atoms with E-state index in [1.54, 1.807) is 12.1 Å². The number of aryl methyl sites for hydroxylation is 1. The maximum absolute atomic E-state index is 13.3. The number of ether oxygens (including phenoxy) is 3. The van der Waals surface area contributed by atoms with Crippen molar-refractivity contribution in [3.8, 4) is 17.2 Å². The van der Waals surface area contributed by atoms with E-state index in [1.807, 2.05) is 0 Å². The highest BCUT2D eigenvalue weighted by Gasteiger charge is 2.17. The Labute approximate surface area is 152 Å². The van der Waals surface area contributed by atoms with E-state index in [2.05, 4.69) is 4.72 Å². The van der Waals surface area contributed by atoms with Crippen molar-refractivity contribution in [3.63, 3.8) is 0 Å². The van der Waals surface area contributed by atoms with E-state index < -0.39 is 15.8 Å². The van der Waals surface area contributed by atoms with Crippen LogP contribution in [0, 0.1) is 12.7 Å². The molecule has 26 heavy (non-hydrogen) atoms. The molecule has 8 heteroatoms. The van der Waals surface area contributed by atoms with Crippen molar-refractivity contribution in [1.29, 1.82) is 0 Å². The summed E-state index contributed by atoms with van der Waals surface area (Å²) in [7, 11) is 0.819. The van der Waals surface area contributed by atoms with Crippen LogP contribution < -0.4 is 18.9 Å². The van der Waals surface area contributed by atoms with Gasteiger partial charge in [0.2, 0.25) is 10.0 Å². The second kappa shape index (κ2) is 8.37. The van der Waals surface area contributed by atoms with Crippen LogP contribution in [-0.2, 0) is 16.4 Å². The Morgan fingerprint density at radius 2 is 1.77 bits per heavy atom. The second-order valence-electron chi connectivity index (χ2n) is 5.58. The topological polar surface area (TPSA) is 73.9 Å². The second-order valence-corrected chi connectivity index (χ2v) is 7.35. The molecule has 0 saturated heterocycles. The van der Waals surface area contributed by atoms with E-state index in [0.717, 1.165) is 11.6 Å². The number of sulfonamides is 1. The van der Waals surface area contributed by atoms with Gasteiger partial charge in [0.25, 0.3) is 0 Å². The van der Waals surface area contributed by atoms with E-state index >= 15 is 0 Å². The molecule has 0 unspecified atom stereocenters. The van der Waals surface area contributed by atoms with E-state index in [1.165, 1.54) is 40.4 Å². The Hall–Kier alpha value is -2.32. The van der Waals surface area contributed by atoms with Crippen LogP contribution in [0.3, 0.4) is 0 Å². The molecule has 0 bridgehead atoms. The molecule has 0 radical (unpaired) electrons. The van der Waals surface area contributed by atoms with Crippen LogP contribution in [0.4, 0.5) is 4.39 Å². The van der Waals surface area contributed by atoms with Gasteiger partial charge in [-0.1, -0.05) is 0 Å². The van der Waals surface area contributed by atoms with Crippen molar-refractivity contribution in [2.45, 2.75) is 18.2 Å². The van der Waals surface area contributed by atoms with Crippen molar-refractivity contribution >= 4 is 10.0 Å². The summed E-state index contributed by atoms with van der Waals surface area (Å²) in [5.41, 5.74) is 1.01. The molecule has 2 aromatic rings. The van der Waals surface area contributed by atoms with Gasteiger partial charge in [-0.2, -0.15) is 0 Å². The third kappa shape index (κ3) is 4.44. The summed E-state index contributed by atoms with van der Waals surface area (Å²) in [6.07, 6.45) is 0.357. The molecule has 6 nitrogen and oxygen atoms in total. The molecule has 0 amide bonds. The Morgan fingerprint density at radius 1 is 1.04 bits per heavy atom. The molecule has 0 fully saturated rings. The highest BCUT2D eigenvalue weighted by Crippen LogP contribution is 2.35. The van der Waals surface area contributed by atoms with Crippen molar-refractivity contribution in [3.05, 3.63) is 47.3 Å². The van der Waals surface area contributed by atoms with Crippen LogP contribution in [0.1, 0.15) is 11.1 Å². The Morgan fingerprint density at radius 3 is 2.35 bits per heavy atom. The lowest BCUT2D eigenvalue weighted by atomic mass is 10.1. The van der Waals surface area contributed by atoms with Crippen molar-refractivity contribution in [2.24, 2.45) is 0 Å². The molecule has 0 atom stereocenters. The third-order valence-electron chi connectivity index (χ3n) is 3.89. The van der Waals surface area contributed by atoms with Gasteiger partial charge in [-0.15, -0.1) is 0 Å². The fourth-order valence-electron chi connectivity index (χ4n) is 2.51. The first kappa shape index (κ1) is 20.0. The quantitative estimate of drug-likeness (QED) is 0.759. The highest BCUT2D eigenvalue weighted by molar-refractivity contribution is 7.89. The average molecular weight is 383 g/mol. The van der Waals surface area contributed by atoms with E-state index in [0.29, 0.717) is 23.7 Å². The number of benzene rings is 2. The standard InChI is InChI=1S/C18H22FNO5S/c1-12-9-15(5-6-16(12)19)26(21,22)20-8-7-13-10-14(23-2)11-17(24-3)18(13)25-4/h5-6,9-11,20H,7-8H2,1-4H3. The number of methoxy groups -OCH3 is 3. The number of hydrogen-bond acceptors (Lipinski definition) is 5. The van der Waals surface area contributed by atoms with Gasteiger partial charge in [-0.25, -0.2) is 17.5 Å². The molecule has 0 heterocycles. The molecule has 1 N–H and O–H groups in total. The first-order chi connectivity index (χ1) is 12.3. The van der Waals surface area contributed by atoms with Gasteiger partial charge in [-0.3, -0.25) is 0 Å². The Bertz CT molecular complexity index is 883. The maximum Gasteiger partial charge on any atom is 0.240 e. The third-order valence-corrected chi connectivity index (χ3v) is 5.35. The zero-order valence-corrected chi connectivity index (χ0v) is 15.9. The lowest BCUT2D eigenvalue weighted by molar-refractivity contribution is 0.345. The Kier molecular flexibility index (Phi) is 6.44. The van der Waals surface area contributed by atoms with Crippen molar-refractivity contribution < 1.29 is 27.0 Å². The average Bonchev–Trinajstić information content (AvgIpc) is 2.62. The molecule has 0 spiro atoms. The van der Waals surface area contributed by atoms with E-state index in [4.69, 9.17) is 14.2 Å². The van der Waals surface area contributed by atoms with Gasteiger partial charge in [0, 0.05) is 18.2 Å². The summed E-state index contributed by atoms with van der Waals surface area (Å²) in [4.78, 5) is 0.0200. The number of rotatable bonds is 8. The first-order valence-corrected chi connectivity index (χ1v) is 9.35.